The minimum Gasteiger partial charge on any atom is -0.271 e. The van der Waals surface area contributed by atoms with E-state index in [1.165, 1.54) is 48.5 Å². The van der Waals surface area contributed by atoms with Gasteiger partial charge in [0.25, 0.3) is 11.6 Å². The molecule has 1 saturated heterocycles. The fourth-order valence-electron chi connectivity index (χ4n) is 4.03. The number of hydrogen-bond donors (Lipinski definition) is 1. The molecule has 0 unspecified atom stereocenters. The van der Waals surface area contributed by atoms with Crippen molar-refractivity contribution in [3.05, 3.63) is 101 Å². The van der Waals surface area contributed by atoms with E-state index in [0.29, 0.717) is 11.3 Å². The number of sulfonamides is 2. The number of rotatable bonds is 8. The number of benzene rings is 3. The molecule has 0 aromatic heterocycles. The minimum atomic E-state index is -4.15. The molecule has 1 heterocycles. The average molecular weight is 572 g/mol. The predicted octanol–water partition coefficient (Wildman–Crippen LogP) is 2.20. The third kappa shape index (κ3) is 6.04. The Labute approximate surface area is 225 Å². The summed E-state index contributed by atoms with van der Waals surface area (Å²) in [5.41, 5.74) is 3.03. The summed E-state index contributed by atoms with van der Waals surface area (Å²) in [6.45, 7) is 0.721. The molecule has 0 spiro atoms. The number of carbonyl (C=O) groups excluding carboxylic acids is 1. The maximum Gasteiger partial charge on any atom is 0.269 e. The highest BCUT2D eigenvalue weighted by Crippen LogP contribution is 2.25. The van der Waals surface area contributed by atoms with Crippen LogP contribution in [0.15, 0.2) is 99.8 Å². The van der Waals surface area contributed by atoms with Gasteiger partial charge in [0.15, 0.2) is 0 Å². The molecule has 0 radical (unpaired) electrons. The van der Waals surface area contributed by atoms with Crippen LogP contribution < -0.4 is 5.43 Å². The van der Waals surface area contributed by atoms with E-state index >= 15 is 0 Å². The summed E-state index contributed by atoms with van der Waals surface area (Å²) < 4.78 is 55.5. The van der Waals surface area contributed by atoms with Crippen LogP contribution in [0.4, 0.5) is 5.69 Å². The lowest BCUT2D eigenvalue weighted by Crippen LogP contribution is -2.60. The van der Waals surface area contributed by atoms with Gasteiger partial charge in [0.2, 0.25) is 20.0 Å². The van der Waals surface area contributed by atoms with Crippen molar-refractivity contribution in [2.24, 2.45) is 5.10 Å². The summed E-state index contributed by atoms with van der Waals surface area (Å²) in [6, 6.07) is 19.3. The number of non-ortho nitro benzene ring substituents is 1. The molecule has 4 rings (SSSR count). The average Bonchev–Trinajstić information content (AvgIpc) is 2.96. The first-order valence-electron chi connectivity index (χ1n) is 11.7. The zero-order chi connectivity index (χ0) is 28.2. The van der Waals surface area contributed by atoms with Crippen molar-refractivity contribution < 1.29 is 26.6 Å². The number of carbonyl (C=O) groups is 1. The summed E-state index contributed by atoms with van der Waals surface area (Å²) >= 11 is 0. The van der Waals surface area contributed by atoms with Crippen LogP contribution in [0, 0.1) is 10.1 Å². The van der Waals surface area contributed by atoms with Gasteiger partial charge in [-0.15, -0.1) is 0 Å². The second-order valence-corrected chi connectivity index (χ2v) is 12.4. The normalized spacial score (nSPS) is 17.5. The minimum absolute atomic E-state index is 0.0237. The highest BCUT2D eigenvalue weighted by atomic mass is 32.2. The second-order valence-electron chi connectivity index (χ2n) is 8.60. The summed E-state index contributed by atoms with van der Waals surface area (Å²) in [5, 5.41) is 14.9. The predicted molar refractivity (Wildman–Crippen MR) is 143 cm³/mol. The van der Waals surface area contributed by atoms with E-state index in [1.807, 2.05) is 0 Å². The van der Waals surface area contributed by atoms with Gasteiger partial charge in [0, 0.05) is 31.8 Å². The molecule has 0 aliphatic carbocycles. The molecule has 0 saturated carbocycles. The zero-order valence-electron chi connectivity index (χ0n) is 20.7. The molecular weight excluding hydrogens is 546 g/mol. The Bertz CT molecular complexity index is 1600. The van der Waals surface area contributed by atoms with Crippen LogP contribution >= 0.6 is 0 Å². The van der Waals surface area contributed by atoms with Crippen LogP contribution in [0.3, 0.4) is 0 Å². The number of amides is 1. The Hall–Kier alpha value is -3.98. The van der Waals surface area contributed by atoms with E-state index < -0.39 is 43.5 Å². The maximum absolute atomic E-state index is 13.5. The van der Waals surface area contributed by atoms with Crippen LogP contribution in [0.1, 0.15) is 12.5 Å². The Morgan fingerprint density at radius 1 is 0.872 bits per heavy atom. The lowest BCUT2D eigenvalue weighted by atomic mass is 10.1. The first kappa shape index (κ1) is 28.0. The smallest absolute Gasteiger partial charge is 0.269 e. The van der Waals surface area contributed by atoms with E-state index in [1.54, 1.807) is 43.3 Å². The van der Waals surface area contributed by atoms with Gasteiger partial charge in [0.1, 0.15) is 6.04 Å². The Kier molecular flexibility index (Phi) is 8.20. The van der Waals surface area contributed by atoms with E-state index in [-0.39, 0.29) is 28.6 Å². The molecular formula is C25H25N5O7S2. The van der Waals surface area contributed by atoms with Crippen molar-refractivity contribution >= 4 is 37.4 Å². The van der Waals surface area contributed by atoms with E-state index in [9.17, 15) is 31.7 Å². The van der Waals surface area contributed by atoms with Gasteiger partial charge in [-0.25, -0.2) is 22.3 Å². The number of nitrogens with zero attached hydrogens (tertiary/aromatic N) is 4. The first-order chi connectivity index (χ1) is 18.5. The molecule has 39 heavy (non-hydrogen) atoms. The summed E-state index contributed by atoms with van der Waals surface area (Å²) in [4.78, 5) is 23.7. The van der Waals surface area contributed by atoms with Crippen LogP contribution in [0.25, 0.3) is 0 Å². The van der Waals surface area contributed by atoms with Gasteiger partial charge in [-0.2, -0.15) is 13.7 Å². The molecule has 14 heteroatoms. The molecule has 3 aromatic carbocycles. The molecule has 1 N–H and O–H groups in total. The summed E-state index contributed by atoms with van der Waals surface area (Å²) in [7, 11) is -8.16. The number of piperazine rings is 1. The molecule has 1 atom stereocenters. The van der Waals surface area contributed by atoms with Gasteiger partial charge in [-0.05, 0) is 48.9 Å². The van der Waals surface area contributed by atoms with Crippen LogP contribution in [-0.2, 0) is 24.8 Å². The number of hydrogen-bond acceptors (Lipinski definition) is 8. The molecule has 1 aliphatic heterocycles. The van der Waals surface area contributed by atoms with Crippen molar-refractivity contribution in [1.29, 1.82) is 0 Å². The molecule has 204 valence electrons. The molecule has 1 amide bonds. The SMILES string of the molecule is C/C(=N/NC(=O)[C@H]1CN(S(=O)(=O)c2ccccc2)CCN1S(=O)(=O)c1ccccc1)c1ccc([N+](=O)[O-])cc1. The summed E-state index contributed by atoms with van der Waals surface area (Å²) in [6.07, 6.45) is 0. The quantitative estimate of drug-likeness (QED) is 0.246. The fourth-order valence-corrected chi connectivity index (χ4v) is 7.08. The number of nitro benzene ring substituents is 1. The Morgan fingerprint density at radius 3 is 1.95 bits per heavy atom. The third-order valence-electron chi connectivity index (χ3n) is 6.16. The van der Waals surface area contributed by atoms with Gasteiger partial charge >= 0.3 is 0 Å². The van der Waals surface area contributed by atoms with Gasteiger partial charge < -0.3 is 0 Å². The highest BCUT2D eigenvalue weighted by molar-refractivity contribution is 7.89. The molecule has 3 aromatic rings. The van der Waals surface area contributed by atoms with E-state index in [2.05, 4.69) is 10.5 Å². The molecule has 12 nitrogen and oxygen atoms in total. The number of nitro groups is 1. The fraction of sp³-hybridized carbons (Fsp3) is 0.200. The molecule has 1 aliphatic rings. The van der Waals surface area contributed by atoms with Crippen molar-refractivity contribution in [3.63, 3.8) is 0 Å². The number of nitrogens with one attached hydrogen (secondary N) is 1. The monoisotopic (exact) mass is 571 g/mol. The maximum atomic E-state index is 13.5. The second kappa shape index (κ2) is 11.4. The standard InChI is InChI=1S/C25H25N5O7S2/c1-19(20-12-14-21(15-13-20)30(32)33)26-27-25(31)24-18-28(38(34,35)22-8-4-2-5-9-22)16-17-29(24)39(36,37)23-10-6-3-7-11-23/h2-15,24H,16-18H2,1H3,(H,27,31)/b26-19-/t24-/m1/s1. The third-order valence-corrected chi connectivity index (χ3v) is 9.96. The largest absolute Gasteiger partial charge is 0.271 e. The lowest BCUT2D eigenvalue weighted by Gasteiger charge is -2.38. The highest BCUT2D eigenvalue weighted by Gasteiger charge is 2.43. The van der Waals surface area contributed by atoms with Gasteiger partial charge in [0.05, 0.1) is 20.4 Å². The Morgan fingerprint density at radius 2 is 1.41 bits per heavy atom. The molecule has 1 fully saturated rings. The van der Waals surface area contributed by atoms with Crippen molar-refractivity contribution in [3.8, 4) is 0 Å². The van der Waals surface area contributed by atoms with E-state index in [4.69, 9.17) is 0 Å². The van der Waals surface area contributed by atoms with Crippen LogP contribution in [0.5, 0.6) is 0 Å². The van der Waals surface area contributed by atoms with Crippen molar-refractivity contribution in [2.45, 2.75) is 22.8 Å². The topological polar surface area (TPSA) is 159 Å². The molecule has 0 bridgehead atoms. The van der Waals surface area contributed by atoms with Crippen molar-refractivity contribution in [1.82, 2.24) is 14.0 Å². The van der Waals surface area contributed by atoms with E-state index in [0.717, 1.165) is 8.61 Å². The number of hydrazone groups is 1. The van der Waals surface area contributed by atoms with Crippen molar-refractivity contribution in [2.75, 3.05) is 19.6 Å². The van der Waals surface area contributed by atoms with Gasteiger partial charge in [-0.1, -0.05) is 36.4 Å². The lowest BCUT2D eigenvalue weighted by molar-refractivity contribution is -0.384. The Balaban J connectivity index is 1.63. The zero-order valence-corrected chi connectivity index (χ0v) is 22.4. The summed E-state index contributed by atoms with van der Waals surface area (Å²) in [5.74, 6) is -0.830. The first-order valence-corrected chi connectivity index (χ1v) is 14.6. The van der Waals surface area contributed by atoms with Crippen LogP contribution in [-0.4, -0.2) is 67.7 Å². The van der Waals surface area contributed by atoms with Crippen LogP contribution in [0.2, 0.25) is 0 Å². The van der Waals surface area contributed by atoms with Gasteiger partial charge in [-0.3, -0.25) is 14.9 Å².